The summed E-state index contributed by atoms with van der Waals surface area (Å²) in [5.41, 5.74) is 13.5. The molecule has 6 heteroatoms. The van der Waals surface area contributed by atoms with Crippen LogP contribution in [0, 0.1) is 0 Å². The molecule has 0 saturated heterocycles. The first kappa shape index (κ1) is 10.4. The fourth-order valence-corrected chi connectivity index (χ4v) is 0.449. The maximum absolute atomic E-state index is 5.08. The Morgan fingerprint density at radius 1 is 1.42 bits per heavy atom. The summed E-state index contributed by atoms with van der Waals surface area (Å²) in [6.07, 6.45) is 2.29. The summed E-state index contributed by atoms with van der Waals surface area (Å²) in [6.45, 7) is 1.93. The summed E-state index contributed by atoms with van der Waals surface area (Å²) < 4.78 is 0. The lowest BCUT2D eigenvalue weighted by Gasteiger charge is -1.91. The zero-order chi connectivity index (χ0) is 9.40. The SMILES string of the molecule is CCC(C=NNC)=NN=C(N)N. The Balaban J connectivity index is 4.23. The first-order valence-electron chi connectivity index (χ1n) is 3.56. The van der Waals surface area contributed by atoms with E-state index in [-0.39, 0.29) is 5.96 Å². The lowest BCUT2D eigenvalue weighted by Crippen LogP contribution is -2.22. The molecule has 12 heavy (non-hydrogen) atoms. The van der Waals surface area contributed by atoms with E-state index in [4.69, 9.17) is 11.5 Å². The second-order valence-electron chi connectivity index (χ2n) is 1.95. The maximum atomic E-state index is 5.08. The number of hydrogen-bond acceptors (Lipinski definition) is 4. The Morgan fingerprint density at radius 3 is 2.50 bits per heavy atom. The molecule has 0 aliphatic carbocycles. The van der Waals surface area contributed by atoms with Gasteiger partial charge in [0.1, 0.15) is 0 Å². The van der Waals surface area contributed by atoms with Crippen LogP contribution in [0.25, 0.3) is 0 Å². The van der Waals surface area contributed by atoms with Gasteiger partial charge in [-0.1, -0.05) is 6.92 Å². The first-order valence-corrected chi connectivity index (χ1v) is 3.56. The fourth-order valence-electron chi connectivity index (χ4n) is 0.449. The second-order valence-corrected chi connectivity index (χ2v) is 1.95. The second kappa shape index (κ2) is 6.14. The quantitative estimate of drug-likeness (QED) is 0.293. The normalized spacial score (nSPS) is 11.7. The van der Waals surface area contributed by atoms with Gasteiger partial charge in [0.05, 0.1) is 11.9 Å². The van der Waals surface area contributed by atoms with Crippen LogP contribution in [0.3, 0.4) is 0 Å². The molecule has 0 aliphatic heterocycles. The van der Waals surface area contributed by atoms with Crippen LogP contribution in [0.1, 0.15) is 13.3 Å². The molecular weight excluding hydrogens is 156 g/mol. The predicted octanol–water partition coefficient (Wildman–Crippen LogP) is -0.769. The highest BCUT2D eigenvalue weighted by atomic mass is 15.3. The van der Waals surface area contributed by atoms with Gasteiger partial charge in [0, 0.05) is 7.05 Å². The average molecular weight is 170 g/mol. The molecule has 0 aromatic heterocycles. The number of nitrogens with one attached hydrogen (secondary N) is 1. The summed E-state index contributed by atoms with van der Waals surface area (Å²) in [5, 5.41) is 11.0. The third kappa shape index (κ3) is 5.21. The van der Waals surface area contributed by atoms with Gasteiger partial charge >= 0.3 is 0 Å². The van der Waals surface area contributed by atoms with Gasteiger partial charge in [-0.2, -0.15) is 10.2 Å². The minimum Gasteiger partial charge on any atom is -0.369 e. The van der Waals surface area contributed by atoms with E-state index in [1.807, 2.05) is 6.92 Å². The van der Waals surface area contributed by atoms with Crippen molar-refractivity contribution in [1.29, 1.82) is 0 Å². The molecule has 0 heterocycles. The third-order valence-corrected chi connectivity index (χ3v) is 0.999. The Bertz CT molecular complexity index is 200. The molecular formula is C6H14N6. The average Bonchev–Trinajstić information content (AvgIpc) is 2.05. The largest absolute Gasteiger partial charge is 0.369 e. The van der Waals surface area contributed by atoms with Gasteiger partial charge in [-0.25, -0.2) is 0 Å². The van der Waals surface area contributed by atoms with Crippen LogP contribution in [0.2, 0.25) is 0 Å². The monoisotopic (exact) mass is 170 g/mol. The summed E-state index contributed by atoms with van der Waals surface area (Å²) in [5.74, 6) is -0.0567. The number of rotatable bonds is 4. The smallest absolute Gasteiger partial charge is 0.211 e. The van der Waals surface area contributed by atoms with E-state index in [0.29, 0.717) is 5.71 Å². The van der Waals surface area contributed by atoms with Gasteiger partial charge in [-0.3, -0.25) is 0 Å². The lowest BCUT2D eigenvalue weighted by atomic mass is 10.3. The number of guanidine groups is 1. The van der Waals surface area contributed by atoms with Crippen molar-refractivity contribution in [2.45, 2.75) is 13.3 Å². The van der Waals surface area contributed by atoms with E-state index >= 15 is 0 Å². The lowest BCUT2D eigenvalue weighted by molar-refractivity contribution is 0.909. The van der Waals surface area contributed by atoms with Gasteiger partial charge in [-0.15, -0.1) is 5.10 Å². The molecule has 0 unspecified atom stereocenters. The third-order valence-electron chi connectivity index (χ3n) is 0.999. The summed E-state index contributed by atoms with van der Waals surface area (Å²) in [6, 6.07) is 0. The Labute approximate surface area is 71.4 Å². The van der Waals surface area contributed by atoms with E-state index in [1.54, 1.807) is 13.3 Å². The van der Waals surface area contributed by atoms with Crippen LogP contribution in [0.5, 0.6) is 0 Å². The minimum absolute atomic E-state index is 0.0567. The summed E-state index contributed by atoms with van der Waals surface area (Å²) >= 11 is 0. The molecule has 0 aliphatic rings. The van der Waals surface area contributed by atoms with E-state index in [9.17, 15) is 0 Å². The number of hydrogen-bond donors (Lipinski definition) is 3. The predicted molar refractivity (Wildman–Crippen MR) is 51.1 cm³/mol. The fraction of sp³-hybridized carbons (Fsp3) is 0.500. The standard InChI is InChI=1S/C6H14N6/c1-3-5(4-10-9-2)11-12-6(7)8/h4,9H,3H2,1-2H3,(H4,7,8,12). The summed E-state index contributed by atoms with van der Waals surface area (Å²) in [7, 11) is 1.70. The van der Waals surface area contributed by atoms with Crippen molar-refractivity contribution in [1.82, 2.24) is 5.43 Å². The number of nitrogens with two attached hydrogens (primary N) is 2. The van der Waals surface area contributed by atoms with Crippen molar-refractivity contribution in [3.8, 4) is 0 Å². The van der Waals surface area contributed by atoms with Crippen molar-refractivity contribution < 1.29 is 0 Å². The van der Waals surface area contributed by atoms with Crippen LogP contribution in [0.4, 0.5) is 0 Å². The van der Waals surface area contributed by atoms with Gasteiger partial charge in [-0.05, 0) is 6.42 Å². The number of nitrogens with zero attached hydrogens (tertiary/aromatic N) is 3. The molecule has 0 fully saturated rings. The van der Waals surface area contributed by atoms with Crippen LogP contribution >= 0.6 is 0 Å². The summed E-state index contributed by atoms with van der Waals surface area (Å²) in [4.78, 5) is 0. The molecule has 0 bridgehead atoms. The highest BCUT2D eigenvalue weighted by Crippen LogP contribution is 1.83. The van der Waals surface area contributed by atoms with Crippen molar-refractivity contribution in [2.75, 3.05) is 7.05 Å². The molecule has 68 valence electrons. The van der Waals surface area contributed by atoms with E-state index in [2.05, 4.69) is 20.7 Å². The van der Waals surface area contributed by atoms with E-state index in [0.717, 1.165) is 6.42 Å². The maximum Gasteiger partial charge on any atom is 0.211 e. The zero-order valence-corrected chi connectivity index (χ0v) is 7.28. The van der Waals surface area contributed by atoms with Gasteiger partial charge in [0.15, 0.2) is 0 Å². The van der Waals surface area contributed by atoms with Crippen LogP contribution in [-0.2, 0) is 0 Å². The Morgan fingerprint density at radius 2 is 2.08 bits per heavy atom. The molecule has 0 aromatic carbocycles. The first-order chi connectivity index (χ1) is 5.70. The van der Waals surface area contributed by atoms with E-state index in [1.165, 1.54) is 0 Å². The molecule has 0 radical (unpaired) electrons. The minimum atomic E-state index is -0.0567. The topological polar surface area (TPSA) is 101 Å². The number of hydrazone groups is 1. The Hall–Kier alpha value is -1.59. The molecule has 6 nitrogen and oxygen atoms in total. The molecule has 0 rings (SSSR count). The van der Waals surface area contributed by atoms with Crippen LogP contribution in [0.15, 0.2) is 15.3 Å². The van der Waals surface area contributed by atoms with E-state index < -0.39 is 0 Å². The molecule has 0 saturated carbocycles. The van der Waals surface area contributed by atoms with Crippen LogP contribution < -0.4 is 16.9 Å². The molecule has 0 spiro atoms. The zero-order valence-electron chi connectivity index (χ0n) is 7.28. The van der Waals surface area contributed by atoms with Crippen molar-refractivity contribution in [3.63, 3.8) is 0 Å². The molecule has 0 atom stereocenters. The molecule has 0 amide bonds. The molecule has 5 N–H and O–H groups in total. The van der Waals surface area contributed by atoms with Gasteiger partial charge in [0.2, 0.25) is 5.96 Å². The van der Waals surface area contributed by atoms with Gasteiger partial charge in [0.25, 0.3) is 0 Å². The van der Waals surface area contributed by atoms with Crippen molar-refractivity contribution in [3.05, 3.63) is 0 Å². The van der Waals surface area contributed by atoms with Crippen LogP contribution in [-0.4, -0.2) is 24.9 Å². The highest BCUT2D eigenvalue weighted by molar-refractivity contribution is 6.30. The van der Waals surface area contributed by atoms with Crippen molar-refractivity contribution in [2.24, 2.45) is 26.8 Å². The van der Waals surface area contributed by atoms with Crippen molar-refractivity contribution >= 4 is 17.9 Å². The molecule has 0 aromatic rings. The Kier molecular flexibility index (Phi) is 5.33. The highest BCUT2D eigenvalue weighted by Gasteiger charge is 1.89. The van der Waals surface area contributed by atoms with Gasteiger partial charge < -0.3 is 16.9 Å².